The minimum absolute atomic E-state index is 0.0953. The number of rotatable bonds is 6. The summed E-state index contributed by atoms with van der Waals surface area (Å²) in [6, 6.07) is 17.7. The topological polar surface area (TPSA) is 78.9 Å². The molecule has 6 nitrogen and oxygen atoms in total. The Bertz CT molecular complexity index is 938. The lowest BCUT2D eigenvalue weighted by molar-refractivity contribution is -0.114. The summed E-state index contributed by atoms with van der Waals surface area (Å²) in [7, 11) is 0. The molecule has 1 amide bonds. The van der Waals surface area contributed by atoms with Gasteiger partial charge in [0.05, 0.1) is 0 Å². The number of hydrogen-bond donors (Lipinski definition) is 3. The third-order valence-electron chi connectivity index (χ3n) is 3.87. The normalized spacial score (nSPS) is 10.3. The highest BCUT2D eigenvalue weighted by Crippen LogP contribution is 2.19. The average Bonchev–Trinajstić information content (AvgIpc) is 2.61. The largest absolute Gasteiger partial charge is 0.366 e. The first-order valence-electron chi connectivity index (χ1n) is 8.78. The van der Waals surface area contributed by atoms with Gasteiger partial charge in [0.2, 0.25) is 11.9 Å². The second-order valence-corrected chi connectivity index (χ2v) is 6.44. The van der Waals surface area contributed by atoms with Crippen LogP contribution >= 0.6 is 0 Å². The zero-order valence-electron chi connectivity index (χ0n) is 15.7. The van der Waals surface area contributed by atoms with Crippen molar-refractivity contribution >= 4 is 29.0 Å². The van der Waals surface area contributed by atoms with Crippen molar-refractivity contribution in [3.8, 4) is 0 Å². The maximum atomic E-state index is 11.1. The van der Waals surface area contributed by atoms with Crippen molar-refractivity contribution < 1.29 is 4.79 Å². The predicted octanol–water partition coefficient (Wildman–Crippen LogP) is 4.41. The second kappa shape index (κ2) is 8.31. The van der Waals surface area contributed by atoms with Crippen LogP contribution in [0.2, 0.25) is 0 Å². The molecule has 3 aromatic rings. The van der Waals surface area contributed by atoms with Gasteiger partial charge >= 0.3 is 0 Å². The van der Waals surface area contributed by atoms with Crippen molar-refractivity contribution in [2.24, 2.45) is 0 Å². The van der Waals surface area contributed by atoms with Gasteiger partial charge in [0.25, 0.3) is 0 Å². The number of amides is 1. The van der Waals surface area contributed by atoms with Crippen molar-refractivity contribution in [3.63, 3.8) is 0 Å². The molecule has 138 valence electrons. The molecule has 0 aliphatic rings. The summed E-state index contributed by atoms with van der Waals surface area (Å²) in [6.45, 7) is 6.20. The number of aryl methyl sites for hydroxylation is 2. The van der Waals surface area contributed by atoms with Gasteiger partial charge in [-0.25, -0.2) is 4.98 Å². The lowest BCUT2D eigenvalue weighted by atomic mass is 10.1. The first-order valence-corrected chi connectivity index (χ1v) is 8.78. The Morgan fingerprint density at radius 1 is 0.963 bits per heavy atom. The molecule has 6 heteroatoms. The van der Waals surface area contributed by atoms with Crippen LogP contribution in [0.4, 0.5) is 23.1 Å². The molecule has 0 spiro atoms. The molecule has 2 aromatic carbocycles. The molecule has 0 unspecified atom stereocenters. The van der Waals surface area contributed by atoms with Crippen molar-refractivity contribution in [2.45, 2.75) is 27.3 Å². The number of nitrogens with zero attached hydrogens (tertiary/aromatic N) is 2. The van der Waals surface area contributed by atoms with Gasteiger partial charge in [-0.2, -0.15) is 4.98 Å². The summed E-state index contributed by atoms with van der Waals surface area (Å²) in [4.78, 5) is 20.1. The molecule has 0 radical (unpaired) electrons. The van der Waals surface area contributed by atoms with E-state index in [2.05, 4.69) is 57.1 Å². The van der Waals surface area contributed by atoms with E-state index in [1.807, 2.05) is 37.3 Å². The van der Waals surface area contributed by atoms with Crippen LogP contribution in [0.3, 0.4) is 0 Å². The summed E-state index contributed by atoms with van der Waals surface area (Å²) >= 11 is 0. The number of nitrogens with one attached hydrogen (secondary N) is 3. The summed E-state index contributed by atoms with van der Waals surface area (Å²) in [5.41, 5.74) is 4.90. The fourth-order valence-corrected chi connectivity index (χ4v) is 2.70. The van der Waals surface area contributed by atoms with E-state index in [0.717, 1.165) is 22.9 Å². The quantitative estimate of drug-likeness (QED) is 0.606. The summed E-state index contributed by atoms with van der Waals surface area (Å²) in [5, 5.41) is 9.29. The van der Waals surface area contributed by atoms with Crippen molar-refractivity contribution in [2.75, 3.05) is 16.0 Å². The van der Waals surface area contributed by atoms with Gasteiger partial charge < -0.3 is 16.0 Å². The van der Waals surface area contributed by atoms with Crippen molar-refractivity contribution in [3.05, 3.63) is 71.4 Å². The molecule has 3 N–H and O–H groups in total. The fourth-order valence-electron chi connectivity index (χ4n) is 2.70. The van der Waals surface area contributed by atoms with E-state index in [1.54, 1.807) is 0 Å². The van der Waals surface area contributed by atoms with E-state index in [0.29, 0.717) is 12.5 Å². The van der Waals surface area contributed by atoms with Crippen molar-refractivity contribution in [1.82, 2.24) is 9.97 Å². The standard InChI is InChI=1S/C21H23N5O/c1-14-5-4-6-17(11-14)13-22-20-12-15(2)23-21(26-20)25-19-9-7-18(8-10-19)24-16(3)27/h4-12H,13H2,1-3H3,(H,24,27)(H2,22,23,25,26). The smallest absolute Gasteiger partial charge is 0.229 e. The summed E-state index contributed by atoms with van der Waals surface area (Å²) < 4.78 is 0. The Hall–Kier alpha value is -3.41. The van der Waals surface area contributed by atoms with Gasteiger partial charge in [-0.1, -0.05) is 29.8 Å². The summed E-state index contributed by atoms with van der Waals surface area (Å²) in [5.74, 6) is 1.19. The van der Waals surface area contributed by atoms with E-state index in [-0.39, 0.29) is 5.91 Å². The van der Waals surface area contributed by atoms with E-state index >= 15 is 0 Å². The van der Waals surface area contributed by atoms with Crippen molar-refractivity contribution in [1.29, 1.82) is 0 Å². The summed E-state index contributed by atoms with van der Waals surface area (Å²) in [6.07, 6.45) is 0. The third kappa shape index (κ3) is 5.54. The van der Waals surface area contributed by atoms with Gasteiger partial charge in [-0.3, -0.25) is 4.79 Å². The van der Waals surface area contributed by atoms with Gasteiger partial charge in [0.15, 0.2) is 0 Å². The maximum absolute atomic E-state index is 11.1. The Balaban J connectivity index is 1.68. The number of anilines is 4. The Kier molecular flexibility index (Phi) is 5.66. The highest BCUT2D eigenvalue weighted by atomic mass is 16.1. The van der Waals surface area contributed by atoms with Gasteiger partial charge in [0, 0.05) is 36.6 Å². The van der Waals surface area contributed by atoms with Crippen LogP contribution in [-0.4, -0.2) is 15.9 Å². The maximum Gasteiger partial charge on any atom is 0.229 e. The molecule has 0 aliphatic heterocycles. The van der Waals surface area contributed by atoms with E-state index in [9.17, 15) is 4.79 Å². The number of benzene rings is 2. The molecule has 0 fully saturated rings. The molecule has 0 aliphatic carbocycles. The zero-order valence-corrected chi connectivity index (χ0v) is 15.7. The van der Waals surface area contributed by atoms with Crippen LogP contribution in [0, 0.1) is 13.8 Å². The second-order valence-electron chi connectivity index (χ2n) is 6.44. The van der Waals surface area contributed by atoms with Crippen LogP contribution in [0.15, 0.2) is 54.6 Å². The molecule has 0 saturated carbocycles. The number of hydrogen-bond acceptors (Lipinski definition) is 5. The van der Waals surface area contributed by atoms with E-state index < -0.39 is 0 Å². The Labute approximate surface area is 159 Å². The third-order valence-corrected chi connectivity index (χ3v) is 3.87. The molecule has 27 heavy (non-hydrogen) atoms. The van der Waals surface area contributed by atoms with Crippen LogP contribution in [0.1, 0.15) is 23.7 Å². The molecular formula is C21H23N5O. The lowest BCUT2D eigenvalue weighted by Gasteiger charge is -2.11. The minimum Gasteiger partial charge on any atom is -0.366 e. The van der Waals surface area contributed by atoms with Gasteiger partial charge in [-0.15, -0.1) is 0 Å². The van der Waals surface area contributed by atoms with E-state index in [4.69, 9.17) is 0 Å². The Morgan fingerprint density at radius 2 is 1.70 bits per heavy atom. The molecule has 1 heterocycles. The van der Waals surface area contributed by atoms with Gasteiger partial charge in [0.1, 0.15) is 5.82 Å². The first kappa shape index (κ1) is 18.4. The molecule has 0 saturated heterocycles. The van der Waals surface area contributed by atoms with Crippen LogP contribution < -0.4 is 16.0 Å². The number of carbonyl (C=O) groups is 1. The van der Waals surface area contributed by atoms with Crippen LogP contribution in [0.5, 0.6) is 0 Å². The highest BCUT2D eigenvalue weighted by molar-refractivity contribution is 5.88. The Morgan fingerprint density at radius 3 is 2.41 bits per heavy atom. The monoisotopic (exact) mass is 361 g/mol. The zero-order chi connectivity index (χ0) is 19.2. The molecule has 0 bridgehead atoms. The SMILES string of the molecule is CC(=O)Nc1ccc(Nc2nc(C)cc(NCc3cccc(C)c3)n2)cc1. The molecular weight excluding hydrogens is 338 g/mol. The number of carbonyl (C=O) groups excluding carboxylic acids is 1. The first-order chi connectivity index (χ1) is 13.0. The fraction of sp³-hybridized carbons (Fsp3) is 0.190. The molecule has 1 aromatic heterocycles. The number of aromatic nitrogens is 2. The minimum atomic E-state index is -0.0953. The average molecular weight is 361 g/mol. The lowest BCUT2D eigenvalue weighted by Crippen LogP contribution is -2.06. The van der Waals surface area contributed by atoms with Crippen LogP contribution in [-0.2, 0) is 11.3 Å². The predicted molar refractivity (Wildman–Crippen MR) is 109 cm³/mol. The molecule has 0 atom stereocenters. The van der Waals surface area contributed by atoms with Gasteiger partial charge in [-0.05, 0) is 43.7 Å². The van der Waals surface area contributed by atoms with Crippen LogP contribution in [0.25, 0.3) is 0 Å². The van der Waals surface area contributed by atoms with E-state index in [1.165, 1.54) is 18.1 Å². The highest BCUT2D eigenvalue weighted by Gasteiger charge is 2.04. The molecule has 3 rings (SSSR count).